The molecule has 0 saturated heterocycles. The summed E-state index contributed by atoms with van der Waals surface area (Å²) in [6.07, 6.45) is 0.428. The molecule has 0 spiro atoms. The lowest BCUT2D eigenvalue weighted by Crippen LogP contribution is -2.06. The van der Waals surface area contributed by atoms with Crippen LogP contribution < -0.4 is 0 Å². The first-order valence-electron chi connectivity index (χ1n) is 4.42. The van der Waals surface area contributed by atoms with Crippen LogP contribution in [0.15, 0.2) is 24.3 Å². The van der Waals surface area contributed by atoms with E-state index >= 15 is 0 Å². The summed E-state index contributed by atoms with van der Waals surface area (Å²) >= 11 is 0. The average Bonchev–Trinajstić information content (AvgIpc) is 2.16. The molecule has 0 saturated carbocycles. The summed E-state index contributed by atoms with van der Waals surface area (Å²) in [4.78, 5) is 10.7. The van der Waals surface area contributed by atoms with Crippen LogP contribution in [0.1, 0.15) is 24.2 Å². The van der Waals surface area contributed by atoms with Gasteiger partial charge in [0.05, 0.1) is 0 Å². The highest BCUT2D eigenvalue weighted by Crippen LogP contribution is 2.18. The number of hydrogen-bond donors (Lipinski definition) is 0. The number of benzene rings is 1. The Kier molecular flexibility index (Phi) is 3.65. The van der Waals surface area contributed by atoms with Crippen LogP contribution in [-0.2, 0) is 9.53 Å². The fraction of sp³-hybridized carbons (Fsp3) is 0.364. The molecule has 0 aliphatic carbocycles. The second kappa shape index (κ2) is 4.77. The lowest BCUT2D eigenvalue weighted by molar-refractivity contribution is -0.118. The van der Waals surface area contributed by atoms with Crippen molar-refractivity contribution in [2.24, 2.45) is 0 Å². The number of hydrogen-bond acceptors (Lipinski definition) is 2. The summed E-state index contributed by atoms with van der Waals surface area (Å²) < 4.78 is 5.29. The van der Waals surface area contributed by atoms with Crippen LogP contribution in [-0.4, -0.2) is 12.9 Å². The predicted molar refractivity (Wildman–Crippen MR) is 51.6 cm³/mol. The van der Waals surface area contributed by atoms with Crippen LogP contribution >= 0.6 is 0 Å². The van der Waals surface area contributed by atoms with Gasteiger partial charge in [0.1, 0.15) is 6.10 Å². The number of rotatable bonds is 4. The molecule has 2 heteroatoms. The minimum absolute atomic E-state index is 0.411. The van der Waals surface area contributed by atoms with Gasteiger partial charge in [-0.25, -0.2) is 0 Å². The molecular formula is C11H14O2. The van der Waals surface area contributed by atoms with Crippen molar-refractivity contribution in [3.8, 4) is 0 Å². The van der Waals surface area contributed by atoms with Crippen LogP contribution in [0, 0.1) is 6.92 Å². The number of carbonyl (C=O) groups excluding carboxylic acids is 1. The smallest absolute Gasteiger partial charge is 0.153 e. The largest absolute Gasteiger partial charge is 0.366 e. The van der Waals surface area contributed by atoms with Gasteiger partial charge in [0, 0.05) is 6.61 Å². The first-order chi connectivity index (χ1) is 6.29. The minimum Gasteiger partial charge on any atom is -0.366 e. The molecule has 0 fully saturated rings. The fourth-order valence-corrected chi connectivity index (χ4v) is 1.29. The number of carbonyl (C=O) groups is 1. The van der Waals surface area contributed by atoms with Gasteiger partial charge in [-0.1, -0.05) is 24.3 Å². The van der Waals surface area contributed by atoms with Crippen LogP contribution in [0.5, 0.6) is 0 Å². The molecule has 0 bridgehead atoms. The van der Waals surface area contributed by atoms with Crippen molar-refractivity contribution in [3.05, 3.63) is 35.4 Å². The summed E-state index contributed by atoms with van der Waals surface area (Å²) in [7, 11) is 0. The van der Waals surface area contributed by atoms with Crippen molar-refractivity contribution in [1.29, 1.82) is 0 Å². The Morgan fingerprint density at radius 1 is 1.46 bits per heavy atom. The molecule has 1 aromatic rings. The minimum atomic E-state index is -0.411. The van der Waals surface area contributed by atoms with E-state index in [1.165, 1.54) is 0 Å². The zero-order valence-electron chi connectivity index (χ0n) is 7.99. The fourth-order valence-electron chi connectivity index (χ4n) is 1.29. The SMILES string of the molecule is CCO[C@H](C=O)c1ccccc1C. The summed E-state index contributed by atoms with van der Waals surface area (Å²) in [5.74, 6) is 0. The van der Waals surface area contributed by atoms with Gasteiger partial charge in [0.2, 0.25) is 0 Å². The second-order valence-electron chi connectivity index (χ2n) is 2.87. The van der Waals surface area contributed by atoms with Crippen LogP contribution in [0.3, 0.4) is 0 Å². The first-order valence-corrected chi connectivity index (χ1v) is 4.42. The van der Waals surface area contributed by atoms with E-state index in [4.69, 9.17) is 4.74 Å². The van der Waals surface area contributed by atoms with E-state index < -0.39 is 6.10 Å². The van der Waals surface area contributed by atoms with Crippen molar-refractivity contribution < 1.29 is 9.53 Å². The Bertz CT molecular complexity index is 281. The Morgan fingerprint density at radius 3 is 2.69 bits per heavy atom. The quantitative estimate of drug-likeness (QED) is 0.661. The van der Waals surface area contributed by atoms with Crippen LogP contribution in [0.25, 0.3) is 0 Å². The Hall–Kier alpha value is -1.15. The van der Waals surface area contributed by atoms with E-state index in [-0.39, 0.29) is 0 Å². The maximum atomic E-state index is 10.7. The Labute approximate surface area is 78.5 Å². The second-order valence-corrected chi connectivity index (χ2v) is 2.87. The number of ether oxygens (including phenoxy) is 1. The standard InChI is InChI=1S/C11H14O2/c1-3-13-11(8-12)10-7-5-4-6-9(10)2/h4-8,11H,3H2,1-2H3/t11-/m1/s1. The third-order valence-electron chi connectivity index (χ3n) is 1.96. The Balaban J connectivity index is 2.90. The summed E-state index contributed by atoms with van der Waals surface area (Å²) in [5, 5.41) is 0. The summed E-state index contributed by atoms with van der Waals surface area (Å²) in [6.45, 7) is 4.41. The first kappa shape index (κ1) is 9.93. The monoisotopic (exact) mass is 178 g/mol. The van der Waals surface area contributed by atoms with E-state index in [9.17, 15) is 4.79 Å². The molecule has 1 atom stereocenters. The number of aryl methyl sites for hydroxylation is 1. The van der Waals surface area contributed by atoms with E-state index in [1.807, 2.05) is 38.1 Å². The summed E-state index contributed by atoms with van der Waals surface area (Å²) in [6, 6.07) is 7.76. The highest BCUT2D eigenvalue weighted by atomic mass is 16.5. The molecule has 0 radical (unpaired) electrons. The summed E-state index contributed by atoms with van der Waals surface area (Å²) in [5.41, 5.74) is 2.05. The van der Waals surface area contributed by atoms with Gasteiger partial charge >= 0.3 is 0 Å². The highest BCUT2D eigenvalue weighted by Gasteiger charge is 2.11. The van der Waals surface area contributed by atoms with Crippen molar-refractivity contribution in [2.45, 2.75) is 20.0 Å². The number of aldehydes is 1. The van der Waals surface area contributed by atoms with Gasteiger partial charge in [0.25, 0.3) is 0 Å². The maximum Gasteiger partial charge on any atom is 0.153 e. The normalized spacial score (nSPS) is 12.5. The molecule has 0 N–H and O–H groups in total. The van der Waals surface area contributed by atoms with Gasteiger partial charge in [0.15, 0.2) is 6.29 Å². The van der Waals surface area contributed by atoms with Gasteiger partial charge in [-0.3, -0.25) is 0 Å². The van der Waals surface area contributed by atoms with Crippen molar-refractivity contribution in [2.75, 3.05) is 6.61 Å². The van der Waals surface area contributed by atoms with E-state index in [2.05, 4.69) is 0 Å². The van der Waals surface area contributed by atoms with Gasteiger partial charge < -0.3 is 9.53 Å². The molecule has 13 heavy (non-hydrogen) atoms. The predicted octanol–water partition coefficient (Wildman–Crippen LogP) is 2.27. The maximum absolute atomic E-state index is 10.7. The van der Waals surface area contributed by atoms with Gasteiger partial charge in [-0.15, -0.1) is 0 Å². The lowest BCUT2D eigenvalue weighted by atomic mass is 10.0. The molecule has 1 aromatic carbocycles. The molecule has 0 aliphatic heterocycles. The zero-order valence-corrected chi connectivity index (χ0v) is 7.99. The molecule has 70 valence electrons. The Morgan fingerprint density at radius 2 is 2.15 bits per heavy atom. The van der Waals surface area contributed by atoms with E-state index in [1.54, 1.807) is 0 Å². The molecule has 0 aliphatic rings. The molecule has 1 rings (SSSR count). The van der Waals surface area contributed by atoms with Crippen molar-refractivity contribution in [1.82, 2.24) is 0 Å². The third kappa shape index (κ3) is 2.39. The third-order valence-corrected chi connectivity index (χ3v) is 1.96. The van der Waals surface area contributed by atoms with Crippen molar-refractivity contribution >= 4 is 6.29 Å². The molecular weight excluding hydrogens is 164 g/mol. The van der Waals surface area contributed by atoms with Crippen molar-refractivity contribution in [3.63, 3.8) is 0 Å². The van der Waals surface area contributed by atoms with Crippen LogP contribution in [0.4, 0.5) is 0 Å². The van der Waals surface area contributed by atoms with Gasteiger partial charge in [-0.2, -0.15) is 0 Å². The molecule has 0 amide bonds. The van der Waals surface area contributed by atoms with Gasteiger partial charge in [-0.05, 0) is 25.0 Å². The van der Waals surface area contributed by atoms with E-state index in [0.29, 0.717) is 6.61 Å². The highest BCUT2D eigenvalue weighted by molar-refractivity contribution is 5.61. The zero-order chi connectivity index (χ0) is 9.68. The van der Waals surface area contributed by atoms with E-state index in [0.717, 1.165) is 17.4 Å². The lowest BCUT2D eigenvalue weighted by Gasteiger charge is -2.12. The topological polar surface area (TPSA) is 26.3 Å². The molecule has 2 nitrogen and oxygen atoms in total. The average molecular weight is 178 g/mol. The molecule has 0 heterocycles. The molecule has 0 unspecified atom stereocenters. The van der Waals surface area contributed by atoms with Crippen LogP contribution in [0.2, 0.25) is 0 Å². The molecule has 0 aromatic heterocycles.